The Kier molecular flexibility index (Phi) is 6.04. The number of ether oxygens (including phenoxy) is 1. The van der Waals surface area contributed by atoms with Crippen LogP contribution in [0.4, 0.5) is 5.82 Å². The number of benzene rings is 1. The van der Waals surface area contributed by atoms with Gasteiger partial charge >= 0.3 is 11.7 Å². The summed E-state index contributed by atoms with van der Waals surface area (Å²) in [6.07, 6.45) is 0. The molecule has 138 valence electrons. The summed E-state index contributed by atoms with van der Waals surface area (Å²) < 4.78 is 5.85. The van der Waals surface area contributed by atoms with Crippen molar-refractivity contribution in [1.82, 2.24) is 9.55 Å². The van der Waals surface area contributed by atoms with Crippen molar-refractivity contribution >= 4 is 29.3 Å². The van der Waals surface area contributed by atoms with Crippen molar-refractivity contribution in [2.24, 2.45) is 7.05 Å². The van der Waals surface area contributed by atoms with E-state index in [9.17, 15) is 19.2 Å². The van der Waals surface area contributed by atoms with Gasteiger partial charge in [-0.15, -0.1) is 11.8 Å². The molecule has 0 bridgehead atoms. The average Bonchev–Trinajstić information content (AvgIpc) is 2.59. The topological polar surface area (TPSA) is 124 Å². The molecule has 0 unspecified atom stereocenters. The first kappa shape index (κ1) is 19.5. The van der Waals surface area contributed by atoms with Gasteiger partial charge in [0.1, 0.15) is 11.4 Å². The highest BCUT2D eigenvalue weighted by atomic mass is 32.2. The van der Waals surface area contributed by atoms with Crippen LogP contribution in [0.5, 0.6) is 0 Å². The molecule has 1 aromatic heterocycles. The van der Waals surface area contributed by atoms with Gasteiger partial charge in [0.15, 0.2) is 6.61 Å². The molecule has 0 aliphatic carbocycles. The number of carbonyl (C=O) groups is 2. The molecule has 1 heterocycles. The Morgan fingerprint density at radius 1 is 1.23 bits per heavy atom. The monoisotopic (exact) mass is 377 g/mol. The molecule has 0 saturated carbocycles. The Morgan fingerprint density at radius 2 is 1.92 bits per heavy atom. The minimum absolute atomic E-state index is 0.0227. The first-order valence-electron chi connectivity index (χ1n) is 7.68. The third-order valence-corrected chi connectivity index (χ3v) is 4.82. The van der Waals surface area contributed by atoms with Crippen LogP contribution in [0.15, 0.2) is 32.7 Å². The van der Waals surface area contributed by atoms with Gasteiger partial charge in [0.2, 0.25) is 5.78 Å². The number of H-pyrrole nitrogens is 1. The number of aryl methyl sites for hydroxylation is 2. The maximum Gasteiger partial charge on any atom is 0.329 e. The van der Waals surface area contributed by atoms with E-state index in [-0.39, 0.29) is 11.6 Å². The second-order valence-electron chi connectivity index (χ2n) is 5.70. The van der Waals surface area contributed by atoms with Gasteiger partial charge in [-0.05, 0) is 37.1 Å². The Balaban J connectivity index is 1.96. The summed E-state index contributed by atoms with van der Waals surface area (Å²) >= 11 is 1.29. The van der Waals surface area contributed by atoms with Crippen molar-refractivity contribution < 1.29 is 14.3 Å². The molecule has 0 aliphatic heterocycles. The Labute approximate surface area is 153 Å². The predicted octanol–water partition coefficient (Wildman–Crippen LogP) is 0.791. The van der Waals surface area contributed by atoms with Crippen molar-refractivity contribution in [2.75, 3.05) is 18.1 Å². The van der Waals surface area contributed by atoms with Gasteiger partial charge in [-0.25, -0.2) is 4.79 Å². The van der Waals surface area contributed by atoms with Gasteiger partial charge in [-0.1, -0.05) is 6.07 Å². The second-order valence-corrected chi connectivity index (χ2v) is 6.75. The van der Waals surface area contributed by atoms with E-state index >= 15 is 0 Å². The summed E-state index contributed by atoms with van der Waals surface area (Å²) in [5.41, 5.74) is 5.86. The van der Waals surface area contributed by atoms with E-state index in [1.165, 1.54) is 18.8 Å². The van der Waals surface area contributed by atoms with Gasteiger partial charge < -0.3 is 10.5 Å². The Hall–Kier alpha value is -2.81. The zero-order chi connectivity index (χ0) is 19.4. The van der Waals surface area contributed by atoms with Gasteiger partial charge in [0.05, 0.1) is 5.75 Å². The SMILES string of the molecule is Cc1ccc(SCC(=O)OCC(=O)c2c(N)n(C)c(=O)[nH]c2=O)cc1C. The summed E-state index contributed by atoms with van der Waals surface area (Å²) in [6, 6.07) is 5.82. The van der Waals surface area contributed by atoms with Crippen LogP contribution in [0.3, 0.4) is 0 Å². The molecule has 3 N–H and O–H groups in total. The molecule has 0 radical (unpaired) electrons. The number of nitrogen functional groups attached to an aromatic ring is 1. The summed E-state index contributed by atoms with van der Waals surface area (Å²) in [7, 11) is 1.32. The third-order valence-electron chi connectivity index (χ3n) is 3.85. The maximum absolute atomic E-state index is 12.1. The van der Waals surface area contributed by atoms with E-state index in [4.69, 9.17) is 10.5 Å². The van der Waals surface area contributed by atoms with Crippen LogP contribution in [0.25, 0.3) is 0 Å². The third kappa shape index (κ3) is 4.42. The first-order chi connectivity index (χ1) is 12.2. The zero-order valence-corrected chi connectivity index (χ0v) is 15.4. The van der Waals surface area contributed by atoms with Crippen molar-refractivity contribution in [3.05, 3.63) is 55.7 Å². The van der Waals surface area contributed by atoms with Crippen LogP contribution in [0, 0.1) is 13.8 Å². The number of ketones is 1. The normalized spacial score (nSPS) is 10.6. The molecule has 8 nitrogen and oxygen atoms in total. The van der Waals surface area contributed by atoms with Crippen molar-refractivity contribution in [1.29, 1.82) is 0 Å². The highest BCUT2D eigenvalue weighted by molar-refractivity contribution is 8.00. The van der Waals surface area contributed by atoms with Crippen LogP contribution in [-0.4, -0.2) is 33.7 Å². The molecule has 0 atom stereocenters. The first-order valence-corrected chi connectivity index (χ1v) is 8.67. The number of hydrogen-bond donors (Lipinski definition) is 2. The van der Waals surface area contributed by atoms with Crippen LogP contribution < -0.4 is 17.0 Å². The van der Waals surface area contributed by atoms with Gasteiger partial charge in [-0.3, -0.25) is 23.9 Å². The van der Waals surface area contributed by atoms with Gasteiger partial charge in [0.25, 0.3) is 5.56 Å². The van der Waals surface area contributed by atoms with Crippen molar-refractivity contribution in [3.8, 4) is 0 Å². The van der Waals surface area contributed by atoms with E-state index in [1.807, 2.05) is 37.0 Å². The summed E-state index contributed by atoms with van der Waals surface area (Å²) in [5.74, 6) is -1.62. The molecule has 2 aromatic rings. The number of thioether (sulfide) groups is 1. The molecule has 1 aromatic carbocycles. The van der Waals surface area contributed by atoms with Crippen molar-refractivity contribution in [3.63, 3.8) is 0 Å². The number of aromatic amines is 1. The van der Waals surface area contributed by atoms with Crippen LogP contribution in [0.2, 0.25) is 0 Å². The maximum atomic E-state index is 12.1. The molecule has 0 amide bonds. The fraction of sp³-hybridized carbons (Fsp3) is 0.294. The van der Waals surface area contributed by atoms with E-state index in [1.54, 1.807) is 0 Å². The van der Waals surface area contributed by atoms with Crippen LogP contribution in [0.1, 0.15) is 21.5 Å². The standard InChI is InChI=1S/C17H19N3O5S/c1-9-4-5-11(6-10(9)2)26-8-13(22)25-7-12(21)14-15(18)20(3)17(24)19-16(14)23/h4-6H,7-8,18H2,1-3H3,(H,19,23,24). The molecule has 0 fully saturated rings. The lowest BCUT2D eigenvalue weighted by atomic mass is 10.1. The fourth-order valence-electron chi connectivity index (χ4n) is 2.11. The largest absolute Gasteiger partial charge is 0.457 e. The summed E-state index contributed by atoms with van der Waals surface area (Å²) in [5, 5.41) is 0. The predicted molar refractivity (Wildman–Crippen MR) is 98.6 cm³/mol. The molecule has 2 rings (SSSR count). The smallest absolute Gasteiger partial charge is 0.329 e. The van der Waals surface area contributed by atoms with Crippen LogP contribution in [-0.2, 0) is 16.6 Å². The molecule has 0 saturated heterocycles. The number of aromatic nitrogens is 2. The number of carbonyl (C=O) groups excluding carboxylic acids is 2. The number of nitrogens with one attached hydrogen (secondary N) is 1. The molecule has 9 heteroatoms. The number of nitrogens with zero attached hydrogens (tertiary/aromatic N) is 1. The zero-order valence-electron chi connectivity index (χ0n) is 14.6. The molecular formula is C17H19N3O5S. The van der Waals surface area contributed by atoms with E-state index in [0.29, 0.717) is 0 Å². The fourth-order valence-corrected chi connectivity index (χ4v) is 2.90. The van der Waals surface area contributed by atoms with Gasteiger partial charge in [-0.2, -0.15) is 0 Å². The van der Waals surface area contributed by atoms with E-state index in [2.05, 4.69) is 0 Å². The molecule has 0 spiro atoms. The average molecular weight is 377 g/mol. The number of nitrogens with two attached hydrogens (primary N) is 1. The molecule has 0 aliphatic rings. The van der Waals surface area contributed by atoms with Crippen molar-refractivity contribution in [2.45, 2.75) is 18.7 Å². The minimum atomic E-state index is -0.906. The molecule has 26 heavy (non-hydrogen) atoms. The summed E-state index contributed by atoms with van der Waals surface area (Å²) in [4.78, 5) is 50.0. The Morgan fingerprint density at radius 3 is 2.58 bits per heavy atom. The second kappa shape index (κ2) is 8.05. The molecular weight excluding hydrogens is 358 g/mol. The number of Topliss-reactive ketones (excluding diaryl/α,β-unsaturated/α-hetero) is 1. The summed E-state index contributed by atoms with van der Waals surface area (Å²) in [6.45, 7) is 3.35. The lowest BCUT2D eigenvalue weighted by molar-refractivity contribution is -0.139. The van der Waals surface area contributed by atoms with Crippen LogP contribution >= 0.6 is 11.8 Å². The Bertz CT molecular complexity index is 977. The number of hydrogen-bond acceptors (Lipinski definition) is 7. The van der Waals surface area contributed by atoms with E-state index in [0.717, 1.165) is 20.6 Å². The number of esters is 1. The highest BCUT2D eigenvalue weighted by Crippen LogP contribution is 2.21. The number of rotatable bonds is 6. The lowest BCUT2D eigenvalue weighted by Crippen LogP contribution is -2.35. The highest BCUT2D eigenvalue weighted by Gasteiger charge is 2.19. The lowest BCUT2D eigenvalue weighted by Gasteiger charge is -2.08. The number of anilines is 1. The quantitative estimate of drug-likeness (QED) is 0.433. The minimum Gasteiger partial charge on any atom is -0.457 e. The van der Waals surface area contributed by atoms with Gasteiger partial charge in [0, 0.05) is 11.9 Å². The van der Waals surface area contributed by atoms with E-state index < -0.39 is 35.2 Å².